The van der Waals surface area contributed by atoms with Gasteiger partial charge in [-0.1, -0.05) is 271 Å². The number of nitrogens with zero attached hydrogens (tertiary/aromatic N) is 5. The number of likely N-dealkylation sites (N-methyl/N-ethyl adjacent to an activating group) is 2. The Morgan fingerprint density at radius 1 is 0.360 bits per heavy atom. The van der Waals surface area contributed by atoms with Crippen molar-refractivity contribution < 1.29 is 14.1 Å². The predicted molar refractivity (Wildman–Crippen MR) is 415 cm³/mol. The summed E-state index contributed by atoms with van der Waals surface area (Å²) in [7, 11) is 8.83. The largest absolute Gasteiger partial charge is 0.347 e. The molecule has 0 aromatic heterocycles. The van der Waals surface area contributed by atoms with E-state index in [4.69, 9.17) is 0 Å². The van der Waals surface area contributed by atoms with Crippen molar-refractivity contribution in [3.8, 4) is 0 Å². The third-order valence-corrected chi connectivity index (χ3v) is 22.5. The van der Waals surface area contributed by atoms with Crippen LogP contribution in [0.25, 0.3) is 0 Å². The Balaban J connectivity index is 0.834. The summed E-state index contributed by atoms with van der Waals surface area (Å²) in [6, 6.07) is 105. The maximum Gasteiger partial charge on any atom is 0.270 e. The van der Waals surface area contributed by atoms with E-state index in [9.17, 15) is 10.1 Å². The van der Waals surface area contributed by atoms with Gasteiger partial charge in [-0.3, -0.25) is 10.1 Å². The maximum absolute atomic E-state index is 13.0. The topological polar surface area (TPSA) is 55.6 Å². The Hall–Kier alpha value is -10.8. The number of nitro groups is 1. The number of non-ortho nitro benzene ring substituents is 1. The summed E-state index contributed by atoms with van der Waals surface area (Å²) >= 11 is 3.98. The van der Waals surface area contributed by atoms with Crippen LogP contribution in [0.15, 0.2) is 344 Å². The Morgan fingerprint density at radius 3 is 0.990 bits per heavy atom. The van der Waals surface area contributed by atoms with Crippen LogP contribution in [0, 0.1) is 10.1 Å². The minimum atomic E-state index is -0.730. The SMILES string of the molecule is CN1C(=CC=CC2=[N+](C)c3ccc(Br)cc3C2(Cc2ccccc2)Cc2ccc(CC3(Cc4ccccc4)C(C=CC=C4N(C)c5ccccc5C4(Cc4ccccc4)Cc4ccccc4)=[N+](C)c4ccc([N+](=O)[O-])cc43)cc2)C(Cc2ccccc2)(Cc2ccccc2)c2ccccc21. The van der Waals surface area contributed by atoms with Crippen LogP contribution in [0.1, 0.15) is 66.8 Å². The zero-order valence-electron chi connectivity index (χ0n) is 57.3. The van der Waals surface area contributed by atoms with Crippen LogP contribution in [0.3, 0.4) is 0 Å². The van der Waals surface area contributed by atoms with Crippen LogP contribution in [0.4, 0.5) is 28.4 Å². The lowest BCUT2D eigenvalue weighted by Gasteiger charge is -2.33. The molecular weight excluding hydrogens is 1290 g/mol. The van der Waals surface area contributed by atoms with Crippen LogP contribution >= 0.6 is 15.9 Å². The molecule has 0 saturated carbocycles. The van der Waals surface area contributed by atoms with E-state index in [2.05, 4.69) is 373 Å². The van der Waals surface area contributed by atoms with Crippen LogP contribution in [-0.4, -0.2) is 53.7 Å². The third-order valence-electron chi connectivity index (χ3n) is 22.0. The first-order chi connectivity index (χ1) is 48.8. The molecule has 4 aliphatic rings. The van der Waals surface area contributed by atoms with Crippen molar-refractivity contribution in [2.24, 2.45) is 0 Å². The van der Waals surface area contributed by atoms with Gasteiger partial charge in [0.1, 0.15) is 14.1 Å². The molecule has 0 N–H and O–H groups in total. The number of nitro benzene ring substituents is 1. The van der Waals surface area contributed by atoms with Crippen molar-refractivity contribution in [2.75, 3.05) is 38.0 Å². The highest BCUT2D eigenvalue weighted by Crippen LogP contribution is 2.54. The number of anilines is 2. The van der Waals surface area contributed by atoms with E-state index in [0.717, 1.165) is 71.1 Å². The summed E-state index contributed by atoms with van der Waals surface area (Å²) in [5, 5.41) is 13.0. The number of para-hydroxylation sites is 2. The van der Waals surface area contributed by atoms with Gasteiger partial charge in [-0.2, -0.15) is 9.15 Å². The zero-order valence-corrected chi connectivity index (χ0v) is 58.9. The van der Waals surface area contributed by atoms with E-state index >= 15 is 0 Å². The fourth-order valence-electron chi connectivity index (χ4n) is 17.6. The van der Waals surface area contributed by atoms with Gasteiger partial charge in [-0.05, 0) is 143 Å². The molecular formula is C92H82BrN5O2+2. The van der Waals surface area contributed by atoms with Crippen molar-refractivity contribution in [3.63, 3.8) is 0 Å². The predicted octanol–water partition coefficient (Wildman–Crippen LogP) is 19.9. The van der Waals surface area contributed by atoms with Crippen LogP contribution in [0.5, 0.6) is 0 Å². The minimum Gasteiger partial charge on any atom is -0.347 e. The standard InChI is InChI=1S/C92H82BrN5O2/c1-94-81-43-25-23-41-77(81)89(59-67-29-11-5-12-30-67,60-68-31-13-6-14-32-68)85(94)45-27-47-87-91(63-71-37-19-9-20-38-71,79-57-75(93)53-55-83(79)96(87)3)65-73-49-51-74(52-50-73)66-92(64-72-39-21-10-22-40-72)80-58-76(98(99)100)54-56-84(80)97(4)88(92)48-28-46-86-90(61-69-33-15-7-16-34-69,62-70-35-17-8-18-36-70)78-42-24-26-44-82(78)95(86)2/h5-58H,59-66H2,1-4H3/q+2. The normalized spacial score (nSPS) is 18.7. The molecule has 2 unspecified atom stereocenters. The average Bonchev–Trinajstić information content (AvgIpc) is 1.59. The first kappa shape index (κ1) is 65.2. The summed E-state index contributed by atoms with van der Waals surface area (Å²) in [6.07, 6.45) is 20.0. The monoisotopic (exact) mass is 1370 g/mol. The molecule has 0 saturated heterocycles. The molecule has 8 heteroatoms. The summed E-state index contributed by atoms with van der Waals surface area (Å²) in [6.45, 7) is 0. The van der Waals surface area contributed by atoms with Gasteiger partial charge in [0.05, 0.1) is 15.8 Å². The molecule has 4 aliphatic heterocycles. The van der Waals surface area contributed by atoms with Crippen molar-refractivity contribution in [1.29, 1.82) is 0 Å². The number of halogens is 1. The van der Waals surface area contributed by atoms with E-state index in [1.54, 1.807) is 6.07 Å². The third kappa shape index (κ3) is 12.1. The van der Waals surface area contributed by atoms with Crippen molar-refractivity contribution in [2.45, 2.75) is 73.0 Å². The smallest absolute Gasteiger partial charge is 0.270 e. The second-order valence-electron chi connectivity index (χ2n) is 28.0. The Morgan fingerprint density at radius 2 is 0.650 bits per heavy atom. The molecule has 492 valence electrons. The van der Waals surface area contributed by atoms with E-state index < -0.39 is 16.2 Å². The lowest BCUT2D eigenvalue weighted by molar-refractivity contribution is -0.402. The Labute approximate surface area is 597 Å². The van der Waals surface area contributed by atoms with E-state index in [-0.39, 0.29) is 16.0 Å². The van der Waals surface area contributed by atoms with Gasteiger partial charge in [-0.25, -0.2) is 0 Å². The number of allylic oxidation sites excluding steroid dienone is 8. The molecule has 4 heterocycles. The molecule has 11 aromatic rings. The second-order valence-corrected chi connectivity index (χ2v) is 28.9. The Bertz CT molecular complexity index is 4960. The summed E-state index contributed by atoms with van der Waals surface area (Å²) in [5.41, 5.74) is 22.3. The summed E-state index contributed by atoms with van der Waals surface area (Å²) in [4.78, 5) is 17.6. The molecule has 0 bridgehead atoms. The molecule has 0 aliphatic carbocycles. The van der Waals surface area contributed by atoms with Crippen LogP contribution in [-0.2, 0) is 73.0 Å². The summed E-state index contributed by atoms with van der Waals surface area (Å²) < 4.78 is 5.76. The lowest BCUT2D eigenvalue weighted by atomic mass is 9.68. The quantitative estimate of drug-likeness (QED) is 0.0409. The summed E-state index contributed by atoms with van der Waals surface area (Å²) in [5.74, 6) is 0. The first-order valence-corrected chi connectivity index (χ1v) is 35.7. The second kappa shape index (κ2) is 27.5. The molecule has 15 rings (SSSR count). The molecule has 0 spiro atoms. The van der Waals surface area contributed by atoms with Crippen molar-refractivity contribution in [1.82, 2.24) is 0 Å². The first-order valence-electron chi connectivity index (χ1n) is 34.9. The highest BCUT2D eigenvalue weighted by Gasteiger charge is 2.54. The van der Waals surface area contributed by atoms with Crippen LogP contribution in [0.2, 0.25) is 0 Å². The minimum absolute atomic E-state index is 0.0812. The fraction of sp³-hybridized carbons (Fsp3) is 0.174. The molecule has 7 nitrogen and oxygen atoms in total. The van der Waals surface area contributed by atoms with E-state index in [0.29, 0.717) is 12.8 Å². The van der Waals surface area contributed by atoms with Gasteiger partial charge in [0.2, 0.25) is 11.4 Å². The fourth-order valence-corrected chi connectivity index (χ4v) is 18.0. The molecule has 0 fully saturated rings. The van der Waals surface area contributed by atoms with Crippen molar-refractivity contribution in [3.05, 3.63) is 420 Å². The number of rotatable bonds is 21. The number of fused-ring (bicyclic) bond motifs is 4. The zero-order chi connectivity index (χ0) is 68.4. The van der Waals surface area contributed by atoms with Crippen molar-refractivity contribution >= 4 is 55.8 Å². The highest BCUT2D eigenvalue weighted by atomic mass is 79.9. The van der Waals surface area contributed by atoms with E-state index in [1.807, 2.05) is 12.1 Å². The maximum atomic E-state index is 13.0. The van der Waals surface area contributed by atoms with Gasteiger partial charge in [-0.15, -0.1) is 0 Å². The van der Waals surface area contributed by atoms with Gasteiger partial charge >= 0.3 is 0 Å². The molecule has 100 heavy (non-hydrogen) atoms. The van der Waals surface area contributed by atoms with Gasteiger partial charge in [0.25, 0.3) is 5.69 Å². The van der Waals surface area contributed by atoms with Gasteiger partial charge in [0.15, 0.2) is 11.4 Å². The number of hydrogen-bond acceptors (Lipinski definition) is 4. The highest BCUT2D eigenvalue weighted by molar-refractivity contribution is 9.10. The Kier molecular flexibility index (Phi) is 17.9. The molecule has 0 amide bonds. The lowest BCUT2D eigenvalue weighted by Crippen LogP contribution is -2.39. The molecule has 0 radical (unpaired) electrons. The molecule has 11 aromatic carbocycles. The van der Waals surface area contributed by atoms with Crippen LogP contribution < -0.4 is 9.80 Å². The number of hydrogen-bond donors (Lipinski definition) is 0. The number of benzene rings is 11. The van der Waals surface area contributed by atoms with Gasteiger partial charge in [0, 0.05) is 99.7 Å². The van der Waals surface area contributed by atoms with E-state index in [1.165, 1.54) is 84.2 Å². The molecule has 2 atom stereocenters. The average molecular weight is 1370 g/mol. The van der Waals surface area contributed by atoms with Gasteiger partial charge < -0.3 is 9.80 Å².